The molecule has 11 nitrogen and oxygen atoms in total. The number of hydrogen-bond donors (Lipinski definition) is 5. The quantitative estimate of drug-likeness (QED) is 0.324. The van der Waals surface area contributed by atoms with E-state index in [9.17, 15) is 24.9 Å². The number of carbonyl (C=O) groups excluding carboxylic acids is 1. The average Bonchev–Trinajstić information content (AvgIpc) is 2.68. The highest BCUT2D eigenvalue weighted by Gasteiger charge is 2.52. The largest absolute Gasteiger partial charge is 0.505 e. The second-order valence-electron chi connectivity index (χ2n) is 7.66. The lowest BCUT2D eigenvalue weighted by Crippen LogP contribution is -2.62. The lowest BCUT2D eigenvalue weighted by atomic mass is 9.81. The van der Waals surface area contributed by atoms with Crippen LogP contribution in [0, 0.1) is 12.8 Å². The van der Waals surface area contributed by atoms with Gasteiger partial charge in [0.15, 0.2) is 17.5 Å². The Hall–Kier alpha value is -2.73. The highest BCUT2D eigenvalue weighted by Crippen LogP contribution is 2.39. The maximum Gasteiger partial charge on any atom is 0.404 e. The lowest BCUT2D eigenvalue weighted by molar-refractivity contribution is -0.290. The van der Waals surface area contributed by atoms with Gasteiger partial charge in [-0.3, -0.25) is 4.84 Å². The van der Waals surface area contributed by atoms with Gasteiger partial charge in [-0.2, -0.15) is 0 Å². The zero-order valence-electron chi connectivity index (χ0n) is 16.9. The lowest BCUT2D eigenvalue weighted by Gasteiger charge is -2.47. The fraction of sp³-hybridized carbons (Fsp3) is 0.474. The number of aryl methyl sites for hydroxylation is 1. The third-order valence-corrected chi connectivity index (χ3v) is 5.55. The minimum Gasteiger partial charge on any atom is -0.505 e. The number of aliphatic hydroxyl groups is 2. The summed E-state index contributed by atoms with van der Waals surface area (Å²) in [5.74, 6) is -1.00. The van der Waals surface area contributed by atoms with Crippen LogP contribution in [0.3, 0.4) is 0 Å². The first-order valence-electron chi connectivity index (χ1n) is 9.27. The summed E-state index contributed by atoms with van der Waals surface area (Å²) in [5, 5.41) is 30.9. The summed E-state index contributed by atoms with van der Waals surface area (Å²) < 4.78 is 21.9. The summed E-state index contributed by atoms with van der Waals surface area (Å²) >= 11 is 5.45. The molecule has 2 heterocycles. The minimum atomic E-state index is -1.49. The molecular weight excluding hydrogens is 436 g/mol. The predicted octanol–water partition coefficient (Wildman–Crippen LogP) is 1.32. The highest BCUT2D eigenvalue weighted by atomic mass is 35.5. The Kier molecular flexibility index (Phi) is 6.23. The number of aromatic hydroxyl groups is 1. The molecule has 2 aromatic rings. The van der Waals surface area contributed by atoms with E-state index < -0.39 is 54.1 Å². The van der Waals surface area contributed by atoms with Crippen molar-refractivity contribution >= 4 is 34.5 Å². The molecule has 1 aromatic carbocycles. The molecule has 3 rings (SSSR count). The maximum atomic E-state index is 12.0. The van der Waals surface area contributed by atoms with Crippen LogP contribution >= 0.6 is 11.8 Å². The molecule has 1 aliphatic rings. The van der Waals surface area contributed by atoms with E-state index in [1.807, 2.05) is 0 Å². The summed E-state index contributed by atoms with van der Waals surface area (Å²) in [7, 11) is 0. The fourth-order valence-corrected chi connectivity index (χ4v) is 3.82. The zero-order valence-corrected chi connectivity index (χ0v) is 17.7. The van der Waals surface area contributed by atoms with Crippen molar-refractivity contribution in [1.29, 1.82) is 0 Å². The number of nitrogens with one attached hydrogen (secondary N) is 1. The number of hydrogen-bond acceptors (Lipinski definition) is 10. The molecule has 0 spiro atoms. The fourth-order valence-electron chi connectivity index (χ4n) is 3.65. The van der Waals surface area contributed by atoms with Crippen LogP contribution in [0.1, 0.15) is 19.4 Å². The van der Waals surface area contributed by atoms with E-state index in [2.05, 4.69) is 4.84 Å². The van der Waals surface area contributed by atoms with Crippen molar-refractivity contribution in [2.24, 2.45) is 11.7 Å². The number of primary amides is 1. The van der Waals surface area contributed by atoms with Gasteiger partial charge < -0.3 is 39.7 Å². The van der Waals surface area contributed by atoms with E-state index in [1.165, 1.54) is 12.1 Å². The van der Waals surface area contributed by atoms with Crippen molar-refractivity contribution in [3.05, 3.63) is 28.1 Å². The molecule has 170 valence electrons. The molecule has 1 saturated heterocycles. The molecule has 4 atom stereocenters. The normalized spacial score (nSPS) is 25.2. The van der Waals surface area contributed by atoms with Crippen molar-refractivity contribution < 1.29 is 38.7 Å². The van der Waals surface area contributed by atoms with Gasteiger partial charge in [-0.15, -0.1) is 0 Å². The van der Waals surface area contributed by atoms with E-state index in [-0.39, 0.29) is 22.4 Å². The molecule has 1 aromatic heterocycles. The van der Waals surface area contributed by atoms with Gasteiger partial charge in [0.1, 0.15) is 17.4 Å². The van der Waals surface area contributed by atoms with Gasteiger partial charge in [0.05, 0.1) is 23.5 Å². The number of fused-ring (bicyclic) bond motifs is 1. The molecule has 0 saturated carbocycles. The van der Waals surface area contributed by atoms with Gasteiger partial charge in [0.25, 0.3) is 0 Å². The number of anilines is 1. The molecule has 1 aliphatic heterocycles. The number of nitrogens with two attached hydrogens (primary N) is 1. The third-order valence-electron chi connectivity index (χ3n) is 5.36. The number of rotatable bonds is 5. The standard InChI is InChI=1S/C19H23ClN2O9/c1-7-10(5-4-8-12(24)11(22-20)16(26)29-14(7)8)28-17-13(25)15(30-18(21)27)9(6-23)19(2,3)31-17/h4-5,9,13,15,17,22-25H,6H2,1-3H3,(H2,21,27)/t9-,13-,15-,17-/m1/s1. The summed E-state index contributed by atoms with van der Waals surface area (Å²) in [6.07, 6.45) is -5.13. The van der Waals surface area contributed by atoms with Crippen LogP contribution in [0.5, 0.6) is 11.5 Å². The van der Waals surface area contributed by atoms with E-state index >= 15 is 0 Å². The van der Waals surface area contributed by atoms with E-state index in [0.29, 0.717) is 5.56 Å². The van der Waals surface area contributed by atoms with Crippen LogP contribution in [-0.4, -0.2) is 52.1 Å². The SMILES string of the molecule is Cc1c(O[C@@H]2OC(C)(C)[C@H](CO)[C@@H](OC(N)=O)[C@H]2O)ccc2c(O)c(NCl)c(=O)oc12. The predicted molar refractivity (Wildman–Crippen MR) is 109 cm³/mol. The number of ether oxygens (including phenoxy) is 3. The Balaban J connectivity index is 2.00. The Morgan fingerprint density at radius 3 is 2.65 bits per heavy atom. The first kappa shape index (κ1) is 22.9. The summed E-state index contributed by atoms with van der Waals surface area (Å²) in [5.41, 5.74) is 3.22. The van der Waals surface area contributed by atoms with Crippen molar-refractivity contribution in [3.63, 3.8) is 0 Å². The van der Waals surface area contributed by atoms with Gasteiger partial charge in [0.2, 0.25) is 6.29 Å². The van der Waals surface area contributed by atoms with Crippen LogP contribution in [0.2, 0.25) is 0 Å². The van der Waals surface area contributed by atoms with Gasteiger partial charge >= 0.3 is 11.7 Å². The average molecular weight is 459 g/mol. The van der Waals surface area contributed by atoms with Crippen LogP contribution in [0.25, 0.3) is 11.0 Å². The zero-order chi connectivity index (χ0) is 23.1. The topological polar surface area (TPSA) is 174 Å². The summed E-state index contributed by atoms with van der Waals surface area (Å²) in [6.45, 7) is 4.41. The molecule has 0 aliphatic carbocycles. The minimum absolute atomic E-state index is 0.0402. The van der Waals surface area contributed by atoms with Crippen LogP contribution in [0.4, 0.5) is 10.5 Å². The summed E-state index contributed by atoms with van der Waals surface area (Å²) in [6, 6.07) is 2.91. The van der Waals surface area contributed by atoms with Crippen LogP contribution < -0.4 is 20.9 Å². The van der Waals surface area contributed by atoms with Gasteiger partial charge in [-0.05, 0) is 32.9 Å². The van der Waals surface area contributed by atoms with Gasteiger partial charge in [0, 0.05) is 17.3 Å². The maximum absolute atomic E-state index is 12.0. The molecule has 1 fully saturated rings. The Bertz CT molecular complexity index is 1050. The smallest absolute Gasteiger partial charge is 0.404 e. The molecule has 0 unspecified atom stereocenters. The third kappa shape index (κ3) is 4.09. The van der Waals surface area contributed by atoms with Crippen molar-refractivity contribution in [2.75, 3.05) is 11.4 Å². The molecular formula is C19H23ClN2O9. The molecule has 31 heavy (non-hydrogen) atoms. The Labute approximate surface area is 181 Å². The van der Waals surface area contributed by atoms with Crippen molar-refractivity contribution in [3.8, 4) is 11.5 Å². The monoisotopic (exact) mass is 458 g/mol. The second-order valence-corrected chi connectivity index (χ2v) is 7.85. The van der Waals surface area contributed by atoms with Crippen LogP contribution in [0.15, 0.2) is 21.3 Å². The molecule has 0 radical (unpaired) electrons. The van der Waals surface area contributed by atoms with Crippen molar-refractivity contribution in [2.45, 2.75) is 44.9 Å². The Morgan fingerprint density at radius 1 is 1.39 bits per heavy atom. The summed E-state index contributed by atoms with van der Waals surface area (Å²) in [4.78, 5) is 25.4. The second kappa shape index (κ2) is 8.42. The number of halogens is 1. The highest BCUT2D eigenvalue weighted by molar-refractivity contribution is 6.24. The number of aliphatic hydroxyl groups excluding tert-OH is 2. The van der Waals surface area contributed by atoms with E-state index in [4.69, 9.17) is 36.1 Å². The van der Waals surface area contributed by atoms with Crippen LogP contribution in [-0.2, 0) is 9.47 Å². The van der Waals surface area contributed by atoms with E-state index in [1.54, 1.807) is 20.8 Å². The first-order chi connectivity index (χ1) is 14.5. The molecule has 1 amide bonds. The van der Waals surface area contributed by atoms with Gasteiger partial charge in [-0.25, -0.2) is 9.59 Å². The first-order valence-corrected chi connectivity index (χ1v) is 9.65. The molecule has 6 N–H and O–H groups in total. The Morgan fingerprint density at radius 2 is 2.06 bits per heavy atom. The van der Waals surface area contributed by atoms with Gasteiger partial charge in [-0.1, -0.05) is 0 Å². The van der Waals surface area contributed by atoms with Crippen molar-refractivity contribution in [1.82, 2.24) is 0 Å². The molecule has 12 heteroatoms. The van der Waals surface area contributed by atoms with E-state index in [0.717, 1.165) is 0 Å². The number of amides is 1. The number of benzene rings is 1. The number of carbonyl (C=O) groups is 1. The molecule has 0 bridgehead atoms.